The van der Waals surface area contributed by atoms with Gasteiger partial charge in [0.15, 0.2) is 5.78 Å². The average molecular weight is 244 g/mol. The monoisotopic (exact) mass is 244 g/mol. The van der Waals surface area contributed by atoms with Crippen LogP contribution in [0.25, 0.3) is 0 Å². The van der Waals surface area contributed by atoms with Gasteiger partial charge in [0.2, 0.25) is 0 Å². The number of thioether (sulfide) groups is 2. The van der Waals surface area contributed by atoms with Crippen LogP contribution < -0.4 is 0 Å². The molecular weight excluding hydrogens is 228 g/mol. The molecule has 4 heteroatoms. The maximum Gasteiger partial charge on any atom is 0.175 e. The fourth-order valence-electron chi connectivity index (χ4n) is 1.85. The van der Waals surface area contributed by atoms with Gasteiger partial charge in [0, 0.05) is 22.3 Å². The van der Waals surface area contributed by atoms with Gasteiger partial charge in [0.25, 0.3) is 0 Å². The second-order valence-electron chi connectivity index (χ2n) is 3.85. The topological polar surface area (TPSA) is 26.3 Å². The highest BCUT2D eigenvalue weighted by Crippen LogP contribution is 2.33. The lowest BCUT2D eigenvalue weighted by Gasteiger charge is -2.28. The molecule has 2 rings (SSSR count). The summed E-state index contributed by atoms with van der Waals surface area (Å²) in [6.45, 7) is 2.92. The van der Waals surface area contributed by atoms with Crippen molar-refractivity contribution in [1.82, 2.24) is 0 Å². The Labute approximate surface area is 99.2 Å². The summed E-state index contributed by atoms with van der Waals surface area (Å²) >= 11 is 3.72. The molecule has 0 amide bonds. The second-order valence-corrected chi connectivity index (χ2v) is 6.58. The maximum absolute atomic E-state index is 12.2. The quantitative estimate of drug-likeness (QED) is 0.745. The van der Waals surface area contributed by atoms with Crippen LogP contribution in [-0.2, 0) is 9.53 Å². The molecule has 0 saturated carbocycles. The Morgan fingerprint density at radius 1 is 1.47 bits per heavy atom. The van der Waals surface area contributed by atoms with E-state index in [1.165, 1.54) is 5.75 Å². The molecule has 1 saturated heterocycles. The minimum Gasteiger partial charge on any atom is -0.501 e. The molecule has 15 heavy (non-hydrogen) atoms. The lowest BCUT2D eigenvalue weighted by molar-refractivity contribution is -0.115. The summed E-state index contributed by atoms with van der Waals surface area (Å²) in [6.07, 6.45) is 3.56. The van der Waals surface area contributed by atoms with E-state index in [0.29, 0.717) is 11.0 Å². The van der Waals surface area contributed by atoms with Crippen LogP contribution in [0.15, 0.2) is 11.8 Å². The molecule has 2 unspecified atom stereocenters. The van der Waals surface area contributed by atoms with Crippen LogP contribution in [-0.4, -0.2) is 34.4 Å². The highest BCUT2D eigenvalue weighted by Gasteiger charge is 2.31. The minimum atomic E-state index is 0.150. The lowest BCUT2D eigenvalue weighted by Crippen LogP contribution is -2.32. The van der Waals surface area contributed by atoms with Gasteiger partial charge >= 0.3 is 0 Å². The van der Waals surface area contributed by atoms with Crippen molar-refractivity contribution in [3.05, 3.63) is 11.8 Å². The van der Waals surface area contributed by atoms with Gasteiger partial charge < -0.3 is 4.74 Å². The zero-order valence-electron chi connectivity index (χ0n) is 8.90. The third kappa shape index (κ3) is 2.72. The van der Waals surface area contributed by atoms with E-state index in [-0.39, 0.29) is 5.25 Å². The van der Waals surface area contributed by atoms with Crippen molar-refractivity contribution in [3.8, 4) is 0 Å². The predicted octanol–water partition coefficient (Wildman–Crippen LogP) is 2.49. The molecule has 2 atom stereocenters. The van der Waals surface area contributed by atoms with E-state index in [9.17, 15) is 4.79 Å². The number of carbonyl (C=O) groups is 1. The highest BCUT2D eigenvalue weighted by molar-refractivity contribution is 8.07. The molecule has 84 valence electrons. The number of ether oxygens (including phenoxy) is 1. The molecule has 0 spiro atoms. The first-order valence-electron chi connectivity index (χ1n) is 5.37. The average Bonchev–Trinajstić information content (AvgIpc) is 2.30. The van der Waals surface area contributed by atoms with Gasteiger partial charge in [-0.3, -0.25) is 4.79 Å². The Bertz CT molecular complexity index is 276. The van der Waals surface area contributed by atoms with Crippen molar-refractivity contribution in [2.75, 3.05) is 18.1 Å². The number of rotatable bonds is 2. The van der Waals surface area contributed by atoms with Crippen molar-refractivity contribution in [2.45, 2.75) is 30.3 Å². The number of carbonyl (C=O) groups excluding carboxylic acids is 1. The van der Waals surface area contributed by atoms with Gasteiger partial charge in [-0.05, 0) is 12.8 Å². The third-order valence-electron chi connectivity index (χ3n) is 2.70. The predicted molar refractivity (Wildman–Crippen MR) is 66.4 cm³/mol. The summed E-state index contributed by atoms with van der Waals surface area (Å²) in [5.74, 6) is 2.57. The standard InChI is InChI=1S/C11H16O2S2/c1-8-11(15-6-5-14-8)10(12)9-3-2-4-13-7-9/h7-8,11H,2-6H2,1H3. The first kappa shape index (κ1) is 11.4. The molecule has 2 aliphatic heterocycles. The van der Waals surface area contributed by atoms with Crippen molar-refractivity contribution in [1.29, 1.82) is 0 Å². The summed E-state index contributed by atoms with van der Waals surface area (Å²) in [7, 11) is 0. The first-order chi connectivity index (χ1) is 7.29. The van der Waals surface area contributed by atoms with Crippen LogP contribution in [0.5, 0.6) is 0 Å². The van der Waals surface area contributed by atoms with E-state index < -0.39 is 0 Å². The lowest BCUT2D eigenvalue weighted by atomic mass is 10.0. The molecule has 0 aromatic carbocycles. The smallest absolute Gasteiger partial charge is 0.175 e. The van der Waals surface area contributed by atoms with Crippen LogP contribution in [0.1, 0.15) is 19.8 Å². The molecule has 0 bridgehead atoms. The fraction of sp³-hybridized carbons (Fsp3) is 0.727. The van der Waals surface area contributed by atoms with Gasteiger partial charge in [-0.2, -0.15) is 11.8 Å². The summed E-state index contributed by atoms with van der Waals surface area (Å²) < 4.78 is 5.23. The van der Waals surface area contributed by atoms with Gasteiger partial charge in [-0.25, -0.2) is 0 Å². The SMILES string of the molecule is CC1SCCSC1C(=O)C1=COCCC1. The van der Waals surface area contributed by atoms with E-state index in [1.54, 1.807) is 18.0 Å². The van der Waals surface area contributed by atoms with Crippen molar-refractivity contribution in [3.63, 3.8) is 0 Å². The van der Waals surface area contributed by atoms with Gasteiger partial charge in [-0.15, -0.1) is 11.8 Å². The molecular formula is C11H16O2S2. The Hall–Kier alpha value is -0.0900. The molecule has 2 nitrogen and oxygen atoms in total. The van der Waals surface area contributed by atoms with Crippen LogP contribution in [0.2, 0.25) is 0 Å². The molecule has 0 aromatic rings. The molecule has 2 heterocycles. The number of hydrogen-bond acceptors (Lipinski definition) is 4. The molecule has 0 aromatic heterocycles. The van der Waals surface area contributed by atoms with Crippen molar-refractivity contribution >= 4 is 29.3 Å². The zero-order chi connectivity index (χ0) is 10.7. The van der Waals surface area contributed by atoms with Crippen LogP contribution in [0.4, 0.5) is 0 Å². The maximum atomic E-state index is 12.2. The van der Waals surface area contributed by atoms with Gasteiger partial charge in [0.1, 0.15) is 0 Å². The largest absolute Gasteiger partial charge is 0.501 e. The van der Waals surface area contributed by atoms with E-state index in [2.05, 4.69) is 6.92 Å². The Morgan fingerprint density at radius 2 is 2.27 bits per heavy atom. The zero-order valence-corrected chi connectivity index (χ0v) is 10.5. The van der Waals surface area contributed by atoms with E-state index in [1.807, 2.05) is 11.8 Å². The summed E-state index contributed by atoms with van der Waals surface area (Å²) in [5, 5.41) is 0.593. The summed E-state index contributed by atoms with van der Waals surface area (Å²) in [5.41, 5.74) is 0.896. The summed E-state index contributed by atoms with van der Waals surface area (Å²) in [4.78, 5) is 12.2. The first-order valence-corrected chi connectivity index (χ1v) is 7.47. The number of Topliss-reactive ketones (excluding diaryl/α,β-unsaturated/α-hetero) is 1. The number of allylic oxidation sites excluding steroid dienone is 1. The normalized spacial score (nSPS) is 31.7. The molecule has 2 aliphatic rings. The van der Waals surface area contributed by atoms with Gasteiger partial charge in [-0.1, -0.05) is 6.92 Å². The Balaban J connectivity index is 2.02. The van der Waals surface area contributed by atoms with Crippen molar-refractivity contribution < 1.29 is 9.53 Å². The minimum absolute atomic E-state index is 0.150. The third-order valence-corrected chi connectivity index (χ3v) is 5.79. The van der Waals surface area contributed by atoms with E-state index in [0.717, 1.165) is 30.8 Å². The molecule has 0 aliphatic carbocycles. The fourth-order valence-corrected chi connectivity index (χ4v) is 4.59. The van der Waals surface area contributed by atoms with Crippen molar-refractivity contribution in [2.24, 2.45) is 0 Å². The Kier molecular flexibility index (Phi) is 4.03. The van der Waals surface area contributed by atoms with Crippen LogP contribution in [0.3, 0.4) is 0 Å². The Morgan fingerprint density at radius 3 is 2.93 bits per heavy atom. The number of ketones is 1. The summed E-state index contributed by atoms with van der Waals surface area (Å²) in [6, 6.07) is 0. The second kappa shape index (κ2) is 5.30. The van der Waals surface area contributed by atoms with E-state index in [4.69, 9.17) is 4.74 Å². The van der Waals surface area contributed by atoms with Gasteiger partial charge in [0.05, 0.1) is 18.1 Å². The molecule has 1 fully saturated rings. The molecule has 0 radical (unpaired) electrons. The van der Waals surface area contributed by atoms with Crippen LogP contribution >= 0.6 is 23.5 Å². The van der Waals surface area contributed by atoms with Crippen LogP contribution in [0, 0.1) is 0 Å². The molecule has 0 N–H and O–H groups in total. The van der Waals surface area contributed by atoms with E-state index >= 15 is 0 Å². The number of hydrogen-bond donors (Lipinski definition) is 0. The highest BCUT2D eigenvalue weighted by atomic mass is 32.2.